The smallest absolute Gasteiger partial charge is 0.324 e. The molecule has 4 heteroatoms. The quantitative estimate of drug-likeness (QED) is 0.842. The van der Waals surface area contributed by atoms with Gasteiger partial charge in [-0.05, 0) is 71.1 Å². The molecule has 0 aliphatic carbocycles. The summed E-state index contributed by atoms with van der Waals surface area (Å²) in [6.45, 7) is 8.74. The van der Waals surface area contributed by atoms with Gasteiger partial charge in [0.05, 0.1) is 0 Å². The zero-order valence-corrected chi connectivity index (χ0v) is 13.1. The minimum absolute atomic E-state index is 0.468. The van der Waals surface area contributed by atoms with Gasteiger partial charge in [-0.1, -0.05) is 13.8 Å². The second kappa shape index (κ2) is 6.90. The van der Waals surface area contributed by atoms with Crippen molar-refractivity contribution in [3.8, 4) is 0 Å². The predicted octanol–water partition coefficient (Wildman–Crippen LogP) is 2.58. The standard InChI is InChI=1S/C16H30N2O2/c1-3-10-17-11-5-7-14(8-13-17)18-12-6-9-16(18,4-2)15(19)20/h14H,3-13H2,1-2H3,(H,19,20). The number of carbonyl (C=O) groups is 1. The third-order valence-corrected chi connectivity index (χ3v) is 5.29. The van der Waals surface area contributed by atoms with Crippen LogP contribution in [-0.4, -0.2) is 58.6 Å². The van der Waals surface area contributed by atoms with Crippen molar-refractivity contribution in [2.24, 2.45) is 0 Å². The molecule has 2 heterocycles. The Morgan fingerprint density at radius 1 is 1.20 bits per heavy atom. The molecular weight excluding hydrogens is 252 g/mol. The van der Waals surface area contributed by atoms with Crippen molar-refractivity contribution in [2.45, 2.75) is 70.4 Å². The van der Waals surface area contributed by atoms with Gasteiger partial charge in [0.15, 0.2) is 0 Å². The Morgan fingerprint density at radius 2 is 2.00 bits per heavy atom. The first-order valence-corrected chi connectivity index (χ1v) is 8.36. The monoisotopic (exact) mass is 282 g/mol. The third-order valence-electron chi connectivity index (χ3n) is 5.29. The molecule has 2 fully saturated rings. The first kappa shape index (κ1) is 15.8. The molecule has 2 atom stereocenters. The average molecular weight is 282 g/mol. The molecule has 1 N–H and O–H groups in total. The van der Waals surface area contributed by atoms with Crippen molar-refractivity contribution in [3.63, 3.8) is 0 Å². The summed E-state index contributed by atoms with van der Waals surface area (Å²) in [6, 6.07) is 0.468. The fourth-order valence-corrected chi connectivity index (χ4v) is 4.18. The fourth-order valence-electron chi connectivity index (χ4n) is 4.18. The molecule has 4 nitrogen and oxygen atoms in total. The summed E-state index contributed by atoms with van der Waals surface area (Å²) < 4.78 is 0. The molecule has 0 radical (unpaired) electrons. The molecule has 2 aliphatic rings. The van der Waals surface area contributed by atoms with Crippen LogP contribution < -0.4 is 0 Å². The second-order valence-electron chi connectivity index (χ2n) is 6.41. The van der Waals surface area contributed by atoms with Gasteiger partial charge < -0.3 is 10.0 Å². The van der Waals surface area contributed by atoms with E-state index in [0.717, 1.165) is 45.2 Å². The molecule has 0 spiro atoms. The lowest BCUT2D eigenvalue weighted by Gasteiger charge is -2.39. The summed E-state index contributed by atoms with van der Waals surface area (Å²) in [4.78, 5) is 16.7. The molecule has 0 amide bonds. The van der Waals surface area contributed by atoms with Crippen molar-refractivity contribution >= 4 is 5.97 Å². The van der Waals surface area contributed by atoms with Crippen molar-refractivity contribution in [2.75, 3.05) is 26.2 Å². The summed E-state index contributed by atoms with van der Waals surface area (Å²) in [5, 5.41) is 9.72. The number of carboxylic acids is 1. The molecular formula is C16H30N2O2. The number of rotatable bonds is 5. The molecule has 2 rings (SSSR count). The van der Waals surface area contributed by atoms with Crippen LogP contribution in [0.25, 0.3) is 0 Å². The number of hydrogen-bond acceptors (Lipinski definition) is 3. The fraction of sp³-hybridized carbons (Fsp3) is 0.938. The van der Waals surface area contributed by atoms with Crippen LogP contribution in [0, 0.1) is 0 Å². The summed E-state index contributed by atoms with van der Waals surface area (Å²) in [6.07, 6.45) is 7.31. The van der Waals surface area contributed by atoms with Crippen LogP contribution in [0.5, 0.6) is 0 Å². The van der Waals surface area contributed by atoms with E-state index in [-0.39, 0.29) is 0 Å². The van der Waals surface area contributed by atoms with Crippen LogP contribution in [0.4, 0.5) is 0 Å². The largest absolute Gasteiger partial charge is 0.480 e. The SMILES string of the molecule is CCCN1CCCC(N2CCCC2(CC)C(=O)O)CC1. The van der Waals surface area contributed by atoms with Crippen molar-refractivity contribution in [1.29, 1.82) is 0 Å². The number of nitrogens with zero attached hydrogens (tertiary/aromatic N) is 2. The van der Waals surface area contributed by atoms with Crippen LogP contribution in [0.3, 0.4) is 0 Å². The number of hydrogen-bond donors (Lipinski definition) is 1. The molecule has 116 valence electrons. The first-order valence-electron chi connectivity index (χ1n) is 8.36. The Morgan fingerprint density at radius 3 is 2.65 bits per heavy atom. The van der Waals surface area contributed by atoms with E-state index in [9.17, 15) is 9.90 Å². The second-order valence-corrected chi connectivity index (χ2v) is 6.41. The normalized spacial score (nSPS) is 33.2. The first-order chi connectivity index (χ1) is 9.64. The van der Waals surface area contributed by atoms with Gasteiger partial charge in [0.25, 0.3) is 0 Å². The zero-order chi connectivity index (χ0) is 14.6. The van der Waals surface area contributed by atoms with Gasteiger partial charge in [0.2, 0.25) is 0 Å². The maximum atomic E-state index is 11.8. The Kier molecular flexibility index (Phi) is 5.44. The van der Waals surface area contributed by atoms with E-state index >= 15 is 0 Å². The minimum Gasteiger partial charge on any atom is -0.480 e. The Labute approximate surface area is 123 Å². The van der Waals surface area contributed by atoms with E-state index < -0.39 is 11.5 Å². The van der Waals surface area contributed by atoms with Gasteiger partial charge in [-0.25, -0.2) is 0 Å². The van der Waals surface area contributed by atoms with Crippen molar-refractivity contribution in [3.05, 3.63) is 0 Å². The lowest BCUT2D eigenvalue weighted by molar-refractivity contribution is -0.151. The highest BCUT2D eigenvalue weighted by Gasteiger charge is 2.48. The number of carboxylic acid groups (broad SMARTS) is 1. The van der Waals surface area contributed by atoms with E-state index in [1.165, 1.54) is 25.9 Å². The van der Waals surface area contributed by atoms with Gasteiger partial charge >= 0.3 is 5.97 Å². The Hall–Kier alpha value is -0.610. The van der Waals surface area contributed by atoms with E-state index in [1.807, 2.05) is 6.92 Å². The zero-order valence-electron chi connectivity index (χ0n) is 13.1. The average Bonchev–Trinajstić information content (AvgIpc) is 2.75. The maximum absolute atomic E-state index is 11.8. The third kappa shape index (κ3) is 3.01. The minimum atomic E-state index is -0.604. The molecule has 2 saturated heterocycles. The number of likely N-dealkylation sites (tertiary alicyclic amines) is 2. The topological polar surface area (TPSA) is 43.8 Å². The summed E-state index contributed by atoms with van der Waals surface area (Å²) in [7, 11) is 0. The van der Waals surface area contributed by atoms with Crippen LogP contribution in [0.1, 0.15) is 58.8 Å². The van der Waals surface area contributed by atoms with Gasteiger partial charge in [0, 0.05) is 6.04 Å². The van der Waals surface area contributed by atoms with E-state index in [0.29, 0.717) is 6.04 Å². The van der Waals surface area contributed by atoms with Crippen molar-refractivity contribution < 1.29 is 9.90 Å². The Balaban J connectivity index is 2.04. The van der Waals surface area contributed by atoms with E-state index in [2.05, 4.69) is 16.7 Å². The Bertz CT molecular complexity index is 334. The predicted molar refractivity (Wildman–Crippen MR) is 81.0 cm³/mol. The van der Waals surface area contributed by atoms with Gasteiger partial charge in [-0.15, -0.1) is 0 Å². The van der Waals surface area contributed by atoms with E-state index in [4.69, 9.17) is 0 Å². The highest BCUT2D eigenvalue weighted by atomic mass is 16.4. The van der Waals surface area contributed by atoms with Crippen LogP contribution in [0.2, 0.25) is 0 Å². The van der Waals surface area contributed by atoms with Crippen LogP contribution >= 0.6 is 0 Å². The van der Waals surface area contributed by atoms with Gasteiger partial charge in [-0.3, -0.25) is 9.69 Å². The van der Waals surface area contributed by atoms with Crippen LogP contribution in [-0.2, 0) is 4.79 Å². The highest BCUT2D eigenvalue weighted by molar-refractivity contribution is 5.79. The molecule has 0 aromatic carbocycles. The highest BCUT2D eigenvalue weighted by Crippen LogP contribution is 2.37. The molecule has 0 aromatic rings. The van der Waals surface area contributed by atoms with E-state index in [1.54, 1.807) is 0 Å². The molecule has 2 unspecified atom stereocenters. The maximum Gasteiger partial charge on any atom is 0.324 e. The van der Waals surface area contributed by atoms with Gasteiger partial charge in [-0.2, -0.15) is 0 Å². The van der Waals surface area contributed by atoms with Crippen molar-refractivity contribution in [1.82, 2.24) is 9.80 Å². The molecule has 0 saturated carbocycles. The molecule has 0 bridgehead atoms. The summed E-state index contributed by atoms with van der Waals surface area (Å²) in [5.41, 5.74) is -0.579. The molecule has 20 heavy (non-hydrogen) atoms. The molecule has 2 aliphatic heterocycles. The summed E-state index contributed by atoms with van der Waals surface area (Å²) in [5.74, 6) is -0.604. The van der Waals surface area contributed by atoms with Gasteiger partial charge in [0.1, 0.15) is 5.54 Å². The van der Waals surface area contributed by atoms with Crippen LogP contribution in [0.15, 0.2) is 0 Å². The summed E-state index contributed by atoms with van der Waals surface area (Å²) >= 11 is 0. The lowest BCUT2D eigenvalue weighted by atomic mass is 9.90. The lowest BCUT2D eigenvalue weighted by Crippen LogP contribution is -2.54. The number of aliphatic carboxylic acids is 1. The molecule has 0 aromatic heterocycles.